The van der Waals surface area contributed by atoms with Crippen LogP contribution in [0.15, 0.2) is 35.4 Å². The molecule has 0 bridgehead atoms. The molecule has 138 valence electrons. The smallest absolute Gasteiger partial charge is 0.336 e. The number of carbonyl (C=O) groups is 1. The summed E-state index contributed by atoms with van der Waals surface area (Å²) in [5, 5.41) is 17.5. The van der Waals surface area contributed by atoms with Gasteiger partial charge in [0.2, 0.25) is 5.91 Å². The van der Waals surface area contributed by atoms with Gasteiger partial charge in [-0.2, -0.15) is 0 Å². The third kappa shape index (κ3) is 3.60. The Bertz CT molecular complexity index is 724. The molecular formula is C15H17N5O6. The highest BCUT2D eigenvalue weighted by Gasteiger charge is 2.54. The van der Waals surface area contributed by atoms with Gasteiger partial charge >= 0.3 is 6.23 Å². The van der Waals surface area contributed by atoms with Crippen LogP contribution in [0.25, 0.3) is 10.4 Å². The normalized spacial score (nSPS) is 33.4. The van der Waals surface area contributed by atoms with Gasteiger partial charge in [0.1, 0.15) is 18.2 Å². The van der Waals surface area contributed by atoms with Crippen LogP contribution in [-0.4, -0.2) is 48.0 Å². The zero-order chi connectivity index (χ0) is 18.7. The van der Waals surface area contributed by atoms with Crippen LogP contribution in [0.1, 0.15) is 18.8 Å². The van der Waals surface area contributed by atoms with E-state index in [1.54, 1.807) is 0 Å². The van der Waals surface area contributed by atoms with Gasteiger partial charge in [-0.25, -0.2) is 0 Å². The average Bonchev–Trinajstić information content (AvgIpc) is 2.63. The molecule has 2 heterocycles. The van der Waals surface area contributed by atoms with Crippen LogP contribution < -0.4 is 5.32 Å². The number of hydrogen-bond acceptors (Lipinski definition) is 7. The molecule has 3 rings (SSSR count). The van der Waals surface area contributed by atoms with Crippen LogP contribution in [0.5, 0.6) is 0 Å². The van der Waals surface area contributed by atoms with Gasteiger partial charge in [0.25, 0.3) is 0 Å². The number of benzene rings is 1. The number of nitrogens with zero attached hydrogens (tertiary/aromatic N) is 4. The molecule has 2 saturated heterocycles. The SMILES string of the molecule is CC(=O)NC1C(N=[N+]=[N-])[C@@H]2OC(c3ccccc3)OCC2O[C@H]1[N+](=O)[O-]. The van der Waals surface area contributed by atoms with Gasteiger partial charge in [0, 0.05) is 17.4 Å². The van der Waals surface area contributed by atoms with Gasteiger partial charge in [-0.15, -0.1) is 0 Å². The summed E-state index contributed by atoms with van der Waals surface area (Å²) in [6.07, 6.45) is -3.91. The molecule has 2 aliphatic rings. The monoisotopic (exact) mass is 363 g/mol. The van der Waals surface area contributed by atoms with E-state index in [9.17, 15) is 14.9 Å². The van der Waals surface area contributed by atoms with Crippen LogP contribution >= 0.6 is 0 Å². The van der Waals surface area contributed by atoms with E-state index in [4.69, 9.17) is 19.7 Å². The minimum atomic E-state index is -1.57. The zero-order valence-electron chi connectivity index (χ0n) is 13.8. The Morgan fingerprint density at radius 1 is 1.38 bits per heavy atom. The highest BCUT2D eigenvalue weighted by Crippen LogP contribution is 2.35. The molecule has 0 aromatic heterocycles. The van der Waals surface area contributed by atoms with E-state index in [1.165, 1.54) is 6.92 Å². The first-order valence-electron chi connectivity index (χ1n) is 7.93. The molecular weight excluding hydrogens is 346 g/mol. The standard InChI is InChI=1S/C15H17N5O6/c1-8(21)17-12-11(18-19-16)13-10(25-14(12)20(22)23)7-24-15(26-13)9-5-3-2-4-6-9/h2-6,10-15H,7H2,1H3,(H,17,21)/t10?,11?,12?,13-,14-,15?/m1/s1. The molecule has 4 unspecified atom stereocenters. The molecule has 1 aromatic carbocycles. The van der Waals surface area contributed by atoms with Gasteiger partial charge in [-0.05, 0) is 5.53 Å². The Morgan fingerprint density at radius 3 is 2.73 bits per heavy atom. The molecule has 1 aromatic rings. The van der Waals surface area contributed by atoms with E-state index in [-0.39, 0.29) is 6.61 Å². The topological polar surface area (TPSA) is 149 Å². The Balaban J connectivity index is 1.90. The van der Waals surface area contributed by atoms with Crippen LogP contribution in [0.3, 0.4) is 0 Å². The van der Waals surface area contributed by atoms with Crippen molar-refractivity contribution in [2.75, 3.05) is 6.61 Å². The molecule has 2 fully saturated rings. The number of fused-ring (bicyclic) bond motifs is 1. The quantitative estimate of drug-likeness (QED) is 0.280. The van der Waals surface area contributed by atoms with Crippen molar-refractivity contribution in [2.45, 2.75) is 43.7 Å². The molecule has 1 N–H and O–H groups in total. The minimum Gasteiger partial charge on any atom is -0.346 e. The summed E-state index contributed by atoms with van der Waals surface area (Å²) in [7, 11) is 0. The molecule has 11 heteroatoms. The first-order valence-corrected chi connectivity index (χ1v) is 7.93. The largest absolute Gasteiger partial charge is 0.346 e. The van der Waals surface area contributed by atoms with E-state index >= 15 is 0 Å². The number of ether oxygens (including phenoxy) is 3. The van der Waals surface area contributed by atoms with Crippen molar-refractivity contribution in [1.82, 2.24) is 5.32 Å². The maximum Gasteiger partial charge on any atom is 0.336 e. The van der Waals surface area contributed by atoms with Crippen molar-refractivity contribution >= 4 is 5.91 Å². The second kappa shape index (κ2) is 7.67. The van der Waals surface area contributed by atoms with E-state index < -0.39 is 47.6 Å². The van der Waals surface area contributed by atoms with Gasteiger partial charge in [0.05, 0.1) is 17.6 Å². The Labute approximate surface area is 148 Å². The van der Waals surface area contributed by atoms with Gasteiger partial charge in [-0.1, -0.05) is 35.4 Å². The van der Waals surface area contributed by atoms with Gasteiger partial charge in [0.15, 0.2) is 6.29 Å². The van der Waals surface area contributed by atoms with E-state index in [0.29, 0.717) is 0 Å². The van der Waals surface area contributed by atoms with Crippen molar-refractivity contribution in [3.8, 4) is 0 Å². The lowest BCUT2D eigenvalue weighted by molar-refractivity contribution is -0.595. The van der Waals surface area contributed by atoms with Crippen LogP contribution in [0.2, 0.25) is 0 Å². The summed E-state index contributed by atoms with van der Waals surface area (Å²) in [4.78, 5) is 25.0. The predicted octanol–water partition coefficient (Wildman–Crippen LogP) is 1.29. The fourth-order valence-electron chi connectivity index (χ4n) is 3.15. The molecule has 1 amide bonds. The summed E-state index contributed by atoms with van der Waals surface area (Å²) in [6.45, 7) is 1.24. The fourth-order valence-corrected chi connectivity index (χ4v) is 3.15. The maximum absolute atomic E-state index is 11.5. The summed E-state index contributed by atoms with van der Waals surface area (Å²) in [5.41, 5.74) is 9.66. The van der Waals surface area contributed by atoms with Crippen molar-refractivity contribution < 1.29 is 23.9 Å². The number of amides is 1. The number of azide groups is 1. The van der Waals surface area contributed by atoms with Gasteiger partial charge < -0.3 is 19.5 Å². The highest BCUT2D eigenvalue weighted by atomic mass is 16.7. The molecule has 0 aliphatic carbocycles. The van der Waals surface area contributed by atoms with E-state index in [0.717, 1.165) is 5.56 Å². The number of nitrogens with one attached hydrogen (secondary N) is 1. The second-order valence-corrected chi connectivity index (χ2v) is 5.95. The summed E-state index contributed by atoms with van der Waals surface area (Å²) >= 11 is 0. The van der Waals surface area contributed by atoms with Crippen molar-refractivity contribution in [3.05, 3.63) is 56.5 Å². The van der Waals surface area contributed by atoms with Crippen molar-refractivity contribution in [2.24, 2.45) is 5.11 Å². The van der Waals surface area contributed by atoms with Crippen LogP contribution in [-0.2, 0) is 19.0 Å². The second-order valence-electron chi connectivity index (χ2n) is 5.95. The summed E-state index contributed by atoms with van der Waals surface area (Å²) < 4.78 is 17.0. The first kappa shape index (κ1) is 18.1. The first-order chi connectivity index (χ1) is 12.5. The summed E-state index contributed by atoms with van der Waals surface area (Å²) in [5.74, 6) is -0.506. The fraction of sp³-hybridized carbons (Fsp3) is 0.533. The summed E-state index contributed by atoms with van der Waals surface area (Å²) in [6, 6.07) is 6.92. The molecule has 2 aliphatic heterocycles. The third-order valence-electron chi connectivity index (χ3n) is 4.22. The average molecular weight is 363 g/mol. The lowest BCUT2D eigenvalue weighted by Gasteiger charge is -2.45. The lowest BCUT2D eigenvalue weighted by Crippen LogP contribution is -2.67. The number of nitro groups is 1. The Hall–Kier alpha value is -2.72. The molecule has 26 heavy (non-hydrogen) atoms. The zero-order valence-corrected chi connectivity index (χ0v) is 13.8. The van der Waals surface area contributed by atoms with Crippen LogP contribution in [0, 0.1) is 10.1 Å². The Kier molecular flexibility index (Phi) is 5.33. The molecule has 0 radical (unpaired) electrons. The third-order valence-corrected chi connectivity index (χ3v) is 4.22. The number of carbonyl (C=O) groups excluding carboxylic acids is 1. The highest BCUT2D eigenvalue weighted by molar-refractivity contribution is 5.73. The van der Waals surface area contributed by atoms with Crippen LogP contribution in [0.4, 0.5) is 0 Å². The van der Waals surface area contributed by atoms with E-state index in [1.807, 2.05) is 30.3 Å². The van der Waals surface area contributed by atoms with Crippen molar-refractivity contribution in [1.29, 1.82) is 0 Å². The lowest BCUT2D eigenvalue weighted by atomic mass is 9.93. The molecule has 0 spiro atoms. The predicted molar refractivity (Wildman–Crippen MR) is 86.2 cm³/mol. The maximum atomic E-state index is 11.5. The number of hydrogen-bond donors (Lipinski definition) is 1. The Morgan fingerprint density at radius 2 is 2.12 bits per heavy atom. The number of rotatable bonds is 4. The molecule has 11 nitrogen and oxygen atoms in total. The minimum absolute atomic E-state index is 0.0266. The molecule has 0 saturated carbocycles. The molecule has 6 atom stereocenters. The van der Waals surface area contributed by atoms with Gasteiger partial charge in [-0.3, -0.25) is 14.9 Å². The van der Waals surface area contributed by atoms with E-state index in [2.05, 4.69) is 15.3 Å². The van der Waals surface area contributed by atoms with Crippen molar-refractivity contribution in [3.63, 3.8) is 0 Å².